The minimum Gasteiger partial charge on any atom is -0.474 e. The second kappa shape index (κ2) is 6.27. The lowest BCUT2D eigenvalue weighted by Gasteiger charge is -2.18. The van der Waals surface area contributed by atoms with E-state index in [4.69, 9.17) is 4.74 Å². The predicted octanol–water partition coefficient (Wildman–Crippen LogP) is 0.919. The van der Waals surface area contributed by atoms with Crippen LogP contribution in [-0.4, -0.2) is 43.3 Å². The Kier molecular flexibility index (Phi) is 4.98. The molecule has 1 rings (SSSR count). The number of nitrogens with one attached hydrogen (secondary N) is 1. The lowest BCUT2D eigenvalue weighted by Crippen LogP contribution is -2.27. The van der Waals surface area contributed by atoms with Gasteiger partial charge in [-0.05, 0) is 20.9 Å². The molecule has 5 nitrogen and oxygen atoms in total. The lowest BCUT2D eigenvalue weighted by molar-refractivity contribution is 0.231. The maximum atomic E-state index is 5.49. The summed E-state index contributed by atoms with van der Waals surface area (Å²) in [5.41, 5.74) is 0. The molecule has 0 aliphatic carbocycles. The average molecular weight is 224 g/mol. The predicted molar refractivity (Wildman–Crippen MR) is 65.0 cm³/mol. The minimum absolute atomic E-state index is 0.118. The van der Waals surface area contributed by atoms with Crippen LogP contribution in [0.2, 0.25) is 0 Å². The first-order chi connectivity index (χ1) is 7.63. The Morgan fingerprint density at radius 3 is 2.81 bits per heavy atom. The van der Waals surface area contributed by atoms with E-state index in [-0.39, 0.29) is 6.10 Å². The van der Waals surface area contributed by atoms with Crippen molar-refractivity contribution in [3.8, 4) is 5.88 Å². The molecule has 0 fully saturated rings. The number of hydrogen-bond acceptors (Lipinski definition) is 5. The fraction of sp³-hybridized carbons (Fsp3) is 0.636. The third-order valence-electron chi connectivity index (χ3n) is 2.04. The highest BCUT2D eigenvalue weighted by Crippen LogP contribution is 2.13. The van der Waals surface area contributed by atoms with Gasteiger partial charge in [-0.3, -0.25) is 4.98 Å². The van der Waals surface area contributed by atoms with E-state index in [1.807, 2.05) is 32.8 Å². The van der Waals surface area contributed by atoms with E-state index in [2.05, 4.69) is 15.3 Å². The molecule has 0 radical (unpaired) electrons. The third kappa shape index (κ3) is 4.02. The van der Waals surface area contributed by atoms with Crippen molar-refractivity contribution in [1.29, 1.82) is 0 Å². The van der Waals surface area contributed by atoms with Gasteiger partial charge in [-0.1, -0.05) is 0 Å². The van der Waals surface area contributed by atoms with Crippen molar-refractivity contribution in [2.75, 3.05) is 32.1 Å². The van der Waals surface area contributed by atoms with Crippen molar-refractivity contribution < 1.29 is 4.74 Å². The number of nitrogens with zero attached hydrogens (tertiary/aromatic N) is 3. The molecule has 0 aliphatic heterocycles. The van der Waals surface area contributed by atoms with Crippen molar-refractivity contribution >= 4 is 5.82 Å². The topological polar surface area (TPSA) is 50.3 Å². The van der Waals surface area contributed by atoms with Gasteiger partial charge in [0.15, 0.2) is 5.82 Å². The average Bonchev–Trinajstić information content (AvgIpc) is 2.25. The molecule has 0 aromatic carbocycles. The molecule has 0 bridgehead atoms. The number of anilines is 1. The van der Waals surface area contributed by atoms with Crippen molar-refractivity contribution in [1.82, 2.24) is 15.3 Å². The highest BCUT2D eigenvalue weighted by molar-refractivity contribution is 5.36. The molecule has 16 heavy (non-hydrogen) atoms. The van der Waals surface area contributed by atoms with E-state index < -0.39 is 0 Å². The van der Waals surface area contributed by atoms with E-state index >= 15 is 0 Å². The van der Waals surface area contributed by atoms with E-state index in [0.29, 0.717) is 5.88 Å². The summed E-state index contributed by atoms with van der Waals surface area (Å²) < 4.78 is 5.49. The Morgan fingerprint density at radius 1 is 1.44 bits per heavy atom. The van der Waals surface area contributed by atoms with E-state index in [1.54, 1.807) is 12.4 Å². The quantitative estimate of drug-likeness (QED) is 0.778. The van der Waals surface area contributed by atoms with Crippen LogP contribution in [0.5, 0.6) is 5.88 Å². The van der Waals surface area contributed by atoms with Crippen molar-refractivity contribution in [2.45, 2.75) is 20.0 Å². The summed E-state index contributed by atoms with van der Waals surface area (Å²) >= 11 is 0. The van der Waals surface area contributed by atoms with Crippen LogP contribution in [0.4, 0.5) is 5.82 Å². The Labute approximate surface area is 96.8 Å². The van der Waals surface area contributed by atoms with Crippen molar-refractivity contribution in [3.63, 3.8) is 0 Å². The van der Waals surface area contributed by atoms with E-state index in [9.17, 15) is 0 Å². The first-order valence-electron chi connectivity index (χ1n) is 5.48. The van der Waals surface area contributed by atoms with Crippen LogP contribution in [0, 0.1) is 0 Å². The van der Waals surface area contributed by atoms with Crippen LogP contribution < -0.4 is 15.0 Å². The SMILES string of the molecule is CNCCN(C)c1cncc(OC(C)C)n1. The molecule has 0 amide bonds. The smallest absolute Gasteiger partial charge is 0.234 e. The van der Waals surface area contributed by atoms with Gasteiger partial charge < -0.3 is 15.0 Å². The molecular weight excluding hydrogens is 204 g/mol. The molecular formula is C11H20N4O. The zero-order valence-electron chi connectivity index (χ0n) is 10.4. The number of aromatic nitrogens is 2. The van der Waals surface area contributed by atoms with E-state index in [0.717, 1.165) is 18.9 Å². The van der Waals surface area contributed by atoms with Crippen LogP contribution in [0.25, 0.3) is 0 Å². The van der Waals surface area contributed by atoms with Gasteiger partial charge in [-0.15, -0.1) is 0 Å². The van der Waals surface area contributed by atoms with Gasteiger partial charge >= 0.3 is 0 Å². The largest absolute Gasteiger partial charge is 0.474 e. The van der Waals surface area contributed by atoms with Gasteiger partial charge in [0.05, 0.1) is 18.5 Å². The maximum Gasteiger partial charge on any atom is 0.234 e. The molecule has 0 spiro atoms. The monoisotopic (exact) mass is 224 g/mol. The van der Waals surface area contributed by atoms with Gasteiger partial charge in [-0.25, -0.2) is 0 Å². The van der Waals surface area contributed by atoms with Crippen LogP contribution >= 0.6 is 0 Å². The Balaban J connectivity index is 2.65. The highest BCUT2D eigenvalue weighted by atomic mass is 16.5. The molecule has 1 aromatic rings. The second-order valence-corrected chi connectivity index (χ2v) is 3.91. The van der Waals surface area contributed by atoms with Crippen LogP contribution in [0.1, 0.15) is 13.8 Å². The summed E-state index contributed by atoms with van der Waals surface area (Å²) in [6.45, 7) is 5.74. The highest BCUT2D eigenvalue weighted by Gasteiger charge is 2.05. The molecule has 90 valence electrons. The Hall–Kier alpha value is -1.36. The summed E-state index contributed by atoms with van der Waals surface area (Å²) in [4.78, 5) is 10.5. The first-order valence-corrected chi connectivity index (χ1v) is 5.48. The zero-order chi connectivity index (χ0) is 12.0. The summed E-state index contributed by atoms with van der Waals surface area (Å²) in [7, 11) is 3.92. The summed E-state index contributed by atoms with van der Waals surface area (Å²) in [6, 6.07) is 0. The number of likely N-dealkylation sites (N-methyl/N-ethyl adjacent to an activating group) is 2. The minimum atomic E-state index is 0.118. The Morgan fingerprint density at radius 2 is 2.19 bits per heavy atom. The van der Waals surface area contributed by atoms with Crippen molar-refractivity contribution in [3.05, 3.63) is 12.4 Å². The maximum absolute atomic E-state index is 5.49. The second-order valence-electron chi connectivity index (χ2n) is 3.91. The molecule has 0 aliphatic rings. The summed E-state index contributed by atoms with van der Waals surface area (Å²) in [5.74, 6) is 1.40. The van der Waals surface area contributed by atoms with Gasteiger partial charge in [0, 0.05) is 20.1 Å². The fourth-order valence-corrected chi connectivity index (χ4v) is 1.21. The van der Waals surface area contributed by atoms with Gasteiger partial charge in [0.2, 0.25) is 5.88 Å². The Bertz CT molecular complexity index is 317. The molecule has 1 heterocycles. The summed E-state index contributed by atoms with van der Waals surface area (Å²) in [6.07, 6.45) is 3.49. The van der Waals surface area contributed by atoms with Gasteiger partial charge in [0.25, 0.3) is 0 Å². The van der Waals surface area contributed by atoms with Gasteiger partial charge in [0.1, 0.15) is 0 Å². The molecule has 5 heteroatoms. The third-order valence-corrected chi connectivity index (χ3v) is 2.04. The normalized spacial score (nSPS) is 10.6. The number of hydrogen-bond donors (Lipinski definition) is 1. The van der Waals surface area contributed by atoms with Crippen molar-refractivity contribution in [2.24, 2.45) is 0 Å². The van der Waals surface area contributed by atoms with Crippen LogP contribution in [-0.2, 0) is 0 Å². The number of rotatable bonds is 6. The molecule has 0 atom stereocenters. The summed E-state index contributed by atoms with van der Waals surface area (Å²) in [5, 5.41) is 3.09. The fourth-order valence-electron chi connectivity index (χ4n) is 1.21. The first kappa shape index (κ1) is 12.7. The van der Waals surface area contributed by atoms with Gasteiger partial charge in [-0.2, -0.15) is 4.98 Å². The van der Waals surface area contributed by atoms with Crippen LogP contribution in [0.15, 0.2) is 12.4 Å². The molecule has 1 aromatic heterocycles. The lowest BCUT2D eigenvalue weighted by atomic mass is 10.5. The standard InChI is InChI=1S/C11H20N4O/c1-9(2)16-11-8-13-7-10(14-11)15(4)6-5-12-3/h7-9,12H,5-6H2,1-4H3. The molecule has 0 saturated carbocycles. The van der Waals surface area contributed by atoms with Crippen LogP contribution in [0.3, 0.4) is 0 Å². The molecule has 0 unspecified atom stereocenters. The van der Waals surface area contributed by atoms with E-state index in [1.165, 1.54) is 0 Å². The number of ether oxygens (including phenoxy) is 1. The molecule has 1 N–H and O–H groups in total. The molecule has 0 saturated heterocycles. The zero-order valence-corrected chi connectivity index (χ0v) is 10.4.